The minimum atomic E-state index is -0.957. The first kappa shape index (κ1) is 21.5. The van der Waals surface area contributed by atoms with Gasteiger partial charge in [-0.15, -0.1) is 0 Å². The Morgan fingerprint density at radius 3 is 2.14 bits per heavy atom. The average molecular weight is 410 g/mol. The summed E-state index contributed by atoms with van der Waals surface area (Å²) in [6.45, 7) is 2.00. The zero-order valence-electron chi connectivity index (χ0n) is 16.7. The van der Waals surface area contributed by atoms with Crippen molar-refractivity contribution < 1.29 is 27.0 Å². The van der Waals surface area contributed by atoms with Crippen LogP contribution in [0.2, 0.25) is 0 Å². The van der Waals surface area contributed by atoms with Gasteiger partial charge in [-0.1, -0.05) is 12.1 Å². The highest BCUT2D eigenvalue weighted by molar-refractivity contribution is 5.33. The van der Waals surface area contributed by atoms with Gasteiger partial charge in [0.15, 0.2) is 23.1 Å². The maximum atomic E-state index is 14.4. The minimum Gasteiger partial charge on any atom is -0.494 e. The Labute approximate surface area is 168 Å². The fourth-order valence-corrected chi connectivity index (χ4v) is 4.17. The lowest BCUT2D eigenvalue weighted by molar-refractivity contribution is 0.296. The summed E-state index contributed by atoms with van der Waals surface area (Å²) in [6.07, 6.45) is 4.35. The number of methoxy groups -OCH3 is 1. The van der Waals surface area contributed by atoms with Crippen LogP contribution in [0.25, 0.3) is 0 Å². The highest BCUT2D eigenvalue weighted by Gasteiger charge is 2.27. The van der Waals surface area contributed by atoms with E-state index in [4.69, 9.17) is 9.47 Å². The van der Waals surface area contributed by atoms with Gasteiger partial charge in [0, 0.05) is 0 Å². The molecular formula is C23H26F4O2. The highest BCUT2D eigenvalue weighted by Crippen LogP contribution is 2.40. The van der Waals surface area contributed by atoms with Gasteiger partial charge in [0.2, 0.25) is 11.6 Å². The number of ether oxygens (including phenoxy) is 2. The first-order chi connectivity index (χ1) is 14.0. The summed E-state index contributed by atoms with van der Waals surface area (Å²) in [5, 5.41) is 0. The van der Waals surface area contributed by atoms with Crippen molar-refractivity contribution in [2.45, 2.75) is 51.4 Å². The largest absolute Gasteiger partial charge is 0.494 e. The predicted molar refractivity (Wildman–Crippen MR) is 103 cm³/mol. The van der Waals surface area contributed by atoms with Gasteiger partial charge in [0.05, 0.1) is 13.7 Å². The van der Waals surface area contributed by atoms with Crippen LogP contribution in [0.4, 0.5) is 17.6 Å². The number of hydrogen-bond donors (Lipinski definition) is 0. The normalized spacial score (nSPS) is 19.2. The van der Waals surface area contributed by atoms with E-state index in [1.54, 1.807) is 19.1 Å². The smallest absolute Gasteiger partial charge is 0.200 e. The van der Waals surface area contributed by atoms with Crippen LogP contribution in [0.5, 0.6) is 11.5 Å². The Morgan fingerprint density at radius 1 is 0.828 bits per heavy atom. The zero-order chi connectivity index (χ0) is 21.0. The summed E-state index contributed by atoms with van der Waals surface area (Å²) in [5.74, 6) is -3.41. The van der Waals surface area contributed by atoms with Crippen LogP contribution in [0, 0.1) is 29.2 Å². The lowest BCUT2D eigenvalue weighted by atomic mass is 9.76. The quantitative estimate of drug-likeness (QED) is 0.482. The number of rotatable bonds is 7. The predicted octanol–water partition coefficient (Wildman–Crippen LogP) is 6.56. The molecule has 0 bridgehead atoms. The molecule has 2 aromatic rings. The molecule has 0 atom stereocenters. The van der Waals surface area contributed by atoms with Crippen molar-refractivity contribution in [2.75, 3.05) is 13.7 Å². The van der Waals surface area contributed by atoms with Crippen LogP contribution in [0.3, 0.4) is 0 Å². The molecule has 158 valence electrons. The SMILES string of the molecule is CCOc1ccc(C2CCC(CCc3ccc(OC)c(F)c3F)CC2)c(F)c1F. The summed E-state index contributed by atoms with van der Waals surface area (Å²) in [6, 6.07) is 6.10. The molecule has 0 saturated heterocycles. The monoisotopic (exact) mass is 410 g/mol. The maximum Gasteiger partial charge on any atom is 0.200 e. The molecular weight excluding hydrogens is 384 g/mol. The van der Waals surface area contributed by atoms with E-state index in [2.05, 4.69) is 0 Å². The topological polar surface area (TPSA) is 18.5 Å². The van der Waals surface area contributed by atoms with Crippen LogP contribution in [0.1, 0.15) is 56.1 Å². The van der Waals surface area contributed by atoms with E-state index in [9.17, 15) is 17.6 Å². The van der Waals surface area contributed by atoms with E-state index in [0.717, 1.165) is 32.1 Å². The minimum absolute atomic E-state index is 0.0356. The summed E-state index contributed by atoms with van der Waals surface area (Å²) >= 11 is 0. The summed E-state index contributed by atoms with van der Waals surface area (Å²) in [4.78, 5) is 0. The molecule has 0 unspecified atom stereocenters. The standard InChI is InChI=1S/C23H26F4O2/c1-3-29-19-13-11-17(21(25)23(19)27)15-7-4-14(5-8-15)6-9-16-10-12-18(28-2)22(26)20(16)24/h10-15H,3-9H2,1-2H3. The Bertz CT molecular complexity index is 845. The first-order valence-corrected chi connectivity index (χ1v) is 10.1. The first-order valence-electron chi connectivity index (χ1n) is 10.1. The Hall–Kier alpha value is -2.24. The van der Waals surface area contributed by atoms with Crippen molar-refractivity contribution >= 4 is 0 Å². The third-order valence-corrected chi connectivity index (χ3v) is 5.83. The molecule has 3 rings (SSSR count). The Balaban J connectivity index is 1.58. The molecule has 0 spiro atoms. The molecule has 0 amide bonds. The molecule has 2 nitrogen and oxygen atoms in total. The number of aryl methyl sites for hydroxylation is 1. The van der Waals surface area contributed by atoms with Crippen LogP contribution >= 0.6 is 0 Å². The second-order valence-electron chi connectivity index (χ2n) is 7.53. The lowest BCUT2D eigenvalue weighted by Gasteiger charge is -2.29. The van der Waals surface area contributed by atoms with Gasteiger partial charge in [0.25, 0.3) is 0 Å². The van der Waals surface area contributed by atoms with E-state index >= 15 is 0 Å². The van der Waals surface area contributed by atoms with Crippen LogP contribution in [-0.2, 0) is 6.42 Å². The average Bonchev–Trinajstić information content (AvgIpc) is 2.73. The van der Waals surface area contributed by atoms with Gasteiger partial charge in [-0.25, -0.2) is 8.78 Å². The van der Waals surface area contributed by atoms with Crippen LogP contribution < -0.4 is 9.47 Å². The van der Waals surface area contributed by atoms with Gasteiger partial charge < -0.3 is 9.47 Å². The Kier molecular flexibility index (Phi) is 7.04. The van der Waals surface area contributed by atoms with Crippen molar-refractivity contribution in [2.24, 2.45) is 5.92 Å². The summed E-state index contributed by atoms with van der Waals surface area (Å²) in [5.41, 5.74) is 0.734. The van der Waals surface area contributed by atoms with Crippen molar-refractivity contribution in [1.82, 2.24) is 0 Å². The van der Waals surface area contributed by atoms with Gasteiger partial charge in [-0.2, -0.15) is 8.78 Å². The molecule has 2 aromatic carbocycles. The van der Waals surface area contributed by atoms with E-state index < -0.39 is 23.3 Å². The van der Waals surface area contributed by atoms with Crippen LogP contribution in [-0.4, -0.2) is 13.7 Å². The van der Waals surface area contributed by atoms with Gasteiger partial charge in [-0.05, 0) is 80.5 Å². The number of halogens is 4. The summed E-state index contributed by atoms with van der Waals surface area (Å²) < 4.78 is 66.4. The third-order valence-electron chi connectivity index (χ3n) is 5.83. The molecule has 1 aliphatic carbocycles. The molecule has 29 heavy (non-hydrogen) atoms. The van der Waals surface area contributed by atoms with Gasteiger partial charge in [0.1, 0.15) is 0 Å². The van der Waals surface area contributed by atoms with Crippen LogP contribution in [0.15, 0.2) is 24.3 Å². The zero-order valence-corrected chi connectivity index (χ0v) is 16.7. The van der Waals surface area contributed by atoms with Crippen molar-refractivity contribution in [3.63, 3.8) is 0 Å². The van der Waals surface area contributed by atoms with Crippen molar-refractivity contribution in [3.05, 3.63) is 58.7 Å². The number of benzene rings is 2. The highest BCUT2D eigenvalue weighted by atomic mass is 19.2. The van der Waals surface area contributed by atoms with E-state index in [1.165, 1.54) is 19.2 Å². The number of hydrogen-bond acceptors (Lipinski definition) is 2. The second-order valence-corrected chi connectivity index (χ2v) is 7.53. The van der Waals surface area contributed by atoms with E-state index in [-0.39, 0.29) is 24.0 Å². The molecule has 0 heterocycles. The molecule has 6 heteroatoms. The fourth-order valence-electron chi connectivity index (χ4n) is 4.17. The Morgan fingerprint density at radius 2 is 1.48 bits per heavy atom. The molecule has 0 aliphatic heterocycles. The third kappa shape index (κ3) is 4.68. The maximum absolute atomic E-state index is 14.4. The second kappa shape index (κ2) is 9.51. The van der Waals surface area contributed by atoms with Gasteiger partial charge in [-0.3, -0.25) is 0 Å². The molecule has 1 aliphatic rings. The van der Waals surface area contributed by atoms with E-state index in [0.29, 0.717) is 23.5 Å². The van der Waals surface area contributed by atoms with Crippen molar-refractivity contribution in [3.8, 4) is 11.5 Å². The van der Waals surface area contributed by atoms with Gasteiger partial charge >= 0.3 is 0 Å². The van der Waals surface area contributed by atoms with Crippen molar-refractivity contribution in [1.29, 1.82) is 0 Å². The molecule has 0 aromatic heterocycles. The molecule has 1 fully saturated rings. The molecule has 1 saturated carbocycles. The molecule has 0 radical (unpaired) electrons. The summed E-state index contributed by atoms with van der Waals surface area (Å²) in [7, 11) is 1.30. The lowest BCUT2D eigenvalue weighted by Crippen LogP contribution is -2.16. The fraction of sp³-hybridized carbons (Fsp3) is 0.478. The molecule has 0 N–H and O–H groups in total. The van der Waals surface area contributed by atoms with E-state index in [1.807, 2.05) is 0 Å².